The van der Waals surface area contributed by atoms with E-state index < -0.39 is 0 Å². The molecule has 1 heterocycles. The van der Waals surface area contributed by atoms with Crippen molar-refractivity contribution in [2.24, 2.45) is 5.73 Å². The lowest BCUT2D eigenvalue weighted by atomic mass is 10.2. The molecule has 68 valence electrons. The van der Waals surface area contributed by atoms with E-state index in [1.807, 2.05) is 0 Å². The van der Waals surface area contributed by atoms with Crippen LogP contribution in [0.1, 0.15) is 5.56 Å². The third kappa shape index (κ3) is 2.79. The number of pyridine rings is 1. The average Bonchev–Trinajstić information content (AvgIpc) is 1.97. The molecular formula is C7H9Cl3N2. The maximum atomic E-state index is 5.81. The van der Waals surface area contributed by atoms with Crippen molar-refractivity contribution in [2.75, 3.05) is 6.54 Å². The Morgan fingerprint density at radius 1 is 1.25 bits per heavy atom. The van der Waals surface area contributed by atoms with Crippen molar-refractivity contribution in [2.45, 2.75) is 6.42 Å². The van der Waals surface area contributed by atoms with E-state index in [1.54, 1.807) is 12.4 Å². The molecule has 2 N–H and O–H groups in total. The maximum Gasteiger partial charge on any atom is 0.0636 e. The van der Waals surface area contributed by atoms with Gasteiger partial charge in [-0.05, 0) is 18.5 Å². The van der Waals surface area contributed by atoms with E-state index >= 15 is 0 Å². The minimum absolute atomic E-state index is 0. The van der Waals surface area contributed by atoms with Crippen LogP contribution in [0.4, 0.5) is 0 Å². The van der Waals surface area contributed by atoms with Gasteiger partial charge in [-0.25, -0.2) is 0 Å². The van der Waals surface area contributed by atoms with Gasteiger partial charge in [-0.2, -0.15) is 0 Å². The molecule has 0 bridgehead atoms. The second-order valence-corrected chi connectivity index (χ2v) is 2.93. The van der Waals surface area contributed by atoms with Crippen LogP contribution in [0.25, 0.3) is 0 Å². The summed E-state index contributed by atoms with van der Waals surface area (Å²) < 4.78 is 0. The van der Waals surface area contributed by atoms with E-state index in [-0.39, 0.29) is 12.4 Å². The van der Waals surface area contributed by atoms with Crippen molar-refractivity contribution in [1.29, 1.82) is 0 Å². The highest BCUT2D eigenvalue weighted by Gasteiger charge is 2.03. The summed E-state index contributed by atoms with van der Waals surface area (Å²) in [6, 6.07) is 0. The third-order valence-electron chi connectivity index (χ3n) is 1.35. The zero-order chi connectivity index (χ0) is 8.27. The molecule has 12 heavy (non-hydrogen) atoms. The number of nitrogens with zero attached hydrogens (tertiary/aromatic N) is 1. The minimum Gasteiger partial charge on any atom is -0.330 e. The molecule has 0 aliphatic carbocycles. The van der Waals surface area contributed by atoms with Crippen LogP contribution in [0, 0.1) is 0 Å². The van der Waals surface area contributed by atoms with Crippen molar-refractivity contribution in [1.82, 2.24) is 4.98 Å². The molecule has 0 unspecified atom stereocenters. The first-order valence-electron chi connectivity index (χ1n) is 3.23. The molecule has 1 aromatic rings. The summed E-state index contributed by atoms with van der Waals surface area (Å²) in [5, 5.41) is 1.17. The fourth-order valence-corrected chi connectivity index (χ4v) is 1.37. The molecule has 0 atom stereocenters. The van der Waals surface area contributed by atoms with Gasteiger partial charge in [0, 0.05) is 12.4 Å². The first kappa shape index (κ1) is 12.0. The van der Waals surface area contributed by atoms with E-state index in [4.69, 9.17) is 28.9 Å². The SMILES string of the molecule is Cl.NCCc1c(Cl)cncc1Cl. The Morgan fingerprint density at radius 2 is 1.75 bits per heavy atom. The Kier molecular flexibility index (Phi) is 5.59. The van der Waals surface area contributed by atoms with Crippen LogP contribution in [0.3, 0.4) is 0 Å². The Morgan fingerprint density at radius 3 is 2.17 bits per heavy atom. The molecule has 0 saturated carbocycles. The van der Waals surface area contributed by atoms with E-state index in [2.05, 4.69) is 4.98 Å². The van der Waals surface area contributed by atoms with Crippen LogP contribution >= 0.6 is 35.6 Å². The lowest BCUT2D eigenvalue weighted by Gasteiger charge is -2.02. The fourth-order valence-electron chi connectivity index (χ4n) is 0.821. The van der Waals surface area contributed by atoms with Gasteiger partial charge in [-0.15, -0.1) is 12.4 Å². The van der Waals surface area contributed by atoms with E-state index in [0.29, 0.717) is 23.0 Å². The molecular weight excluding hydrogens is 218 g/mol. The zero-order valence-electron chi connectivity index (χ0n) is 6.26. The topological polar surface area (TPSA) is 38.9 Å². The summed E-state index contributed by atoms with van der Waals surface area (Å²) in [4.78, 5) is 3.82. The van der Waals surface area contributed by atoms with Crippen LogP contribution < -0.4 is 5.73 Å². The van der Waals surface area contributed by atoms with E-state index in [9.17, 15) is 0 Å². The Balaban J connectivity index is 0.00000121. The largest absolute Gasteiger partial charge is 0.330 e. The smallest absolute Gasteiger partial charge is 0.0636 e. The van der Waals surface area contributed by atoms with Crippen molar-refractivity contribution in [3.05, 3.63) is 28.0 Å². The predicted molar refractivity (Wildman–Crippen MR) is 54.3 cm³/mol. The van der Waals surface area contributed by atoms with Crippen molar-refractivity contribution in [3.63, 3.8) is 0 Å². The first-order valence-corrected chi connectivity index (χ1v) is 3.99. The Bertz CT molecular complexity index is 232. The minimum atomic E-state index is 0. The molecule has 5 heteroatoms. The number of aromatic nitrogens is 1. The van der Waals surface area contributed by atoms with Gasteiger partial charge in [0.2, 0.25) is 0 Å². The average molecular weight is 228 g/mol. The van der Waals surface area contributed by atoms with E-state index in [0.717, 1.165) is 5.56 Å². The van der Waals surface area contributed by atoms with Crippen molar-refractivity contribution < 1.29 is 0 Å². The van der Waals surface area contributed by atoms with Gasteiger partial charge in [0.05, 0.1) is 10.0 Å². The Labute approximate surface area is 87.5 Å². The van der Waals surface area contributed by atoms with Gasteiger partial charge in [-0.3, -0.25) is 4.98 Å². The van der Waals surface area contributed by atoms with Gasteiger partial charge < -0.3 is 5.73 Å². The normalized spacial score (nSPS) is 9.25. The van der Waals surface area contributed by atoms with Crippen LogP contribution in [0.2, 0.25) is 10.0 Å². The molecule has 2 nitrogen and oxygen atoms in total. The van der Waals surface area contributed by atoms with Crippen LogP contribution in [0.5, 0.6) is 0 Å². The molecule has 0 amide bonds. The van der Waals surface area contributed by atoms with Gasteiger partial charge in [0.25, 0.3) is 0 Å². The van der Waals surface area contributed by atoms with Gasteiger partial charge in [0.15, 0.2) is 0 Å². The van der Waals surface area contributed by atoms with Gasteiger partial charge >= 0.3 is 0 Å². The van der Waals surface area contributed by atoms with Crippen LogP contribution in [-0.4, -0.2) is 11.5 Å². The lowest BCUT2D eigenvalue weighted by Crippen LogP contribution is -2.03. The van der Waals surface area contributed by atoms with E-state index in [1.165, 1.54) is 0 Å². The first-order chi connectivity index (χ1) is 5.25. The molecule has 0 aliphatic rings. The second kappa shape index (κ2) is 5.60. The molecule has 0 fully saturated rings. The van der Waals surface area contributed by atoms with Gasteiger partial charge in [0.1, 0.15) is 0 Å². The molecule has 0 spiro atoms. The van der Waals surface area contributed by atoms with Crippen LogP contribution in [0.15, 0.2) is 12.4 Å². The number of nitrogens with two attached hydrogens (primary N) is 1. The molecule has 0 saturated heterocycles. The summed E-state index contributed by atoms with van der Waals surface area (Å²) in [6.07, 6.45) is 3.83. The number of rotatable bonds is 2. The van der Waals surface area contributed by atoms with Crippen molar-refractivity contribution >= 4 is 35.6 Å². The molecule has 1 aromatic heterocycles. The highest BCUT2D eigenvalue weighted by atomic mass is 35.5. The molecule has 0 radical (unpaired) electrons. The predicted octanol–water partition coefficient (Wildman–Crippen LogP) is 2.31. The fraction of sp³-hybridized carbons (Fsp3) is 0.286. The summed E-state index contributed by atoms with van der Waals surface area (Å²) >= 11 is 11.6. The molecule has 0 aliphatic heterocycles. The Hall–Kier alpha value is -0.0200. The number of halogens is 3. The molecule has 1 rings (SSSR count). The lowest BCUT2D eigenvalue weighted by molar-refractivity contribution is 0.964. The van der Waals surface area contributed by atoms with Crippen molar-refractivity contribution in [3.8, 4) is 0 Å². The summed E-state index contributed by atoms with van der Waals surface area (Å²) in [6.45, 7) is 0.545. The summed E-state index contributed by atoms with van der Waals surface area (Å²) in [5.41, 5.74) is 6.24. The number of hydrogen-bond acceptors (Lipinski definition) is 2. The zero-order valence-corrected chi connectivity index (χ0v) is 8.59. The maximum absolute atomic E-state index is 5.81. The standard InChI is InChI=1S/C7H8Cl2N2.ClH/c8-6-3-11-4-7(9)5(6)1-2-10;/h3-4H,1-2,10H2;1H. The highest BCUT2D eigenvalue weighted by Crippen LogP contribution is 2.22. The molecule has 0 aromatic carbocycles. The second-order valence-electron chi connectivity index (χ2n) is 2.12. The van der Waals surface area contributed by atoms with Crippen LogP contribution in [-0.2, 0) is 6.42 Å². The third-order valence-corrected chi connectivity index (χ3v) is 2.00. The summed E-state index contributed by atoms with van der Waals surface area (Å²) in [5.74, 6) is 0. The summed E-state index contributed by atoms with van der Waals surface area (Å²) in [7, 11) is 0. The monoisotopic (exact) mass is 226 g/mol. The van der Waals surface area contributed by atoms with Gasteiger partial charge in [-0.1, -0.05) is 23.2 Å². The highest BCUT2D eigenvalue weighted by molar-refractivity contribution is 6.35. The quantitative estimate of drug-likeness (QED) is 0.842. The number of hydrogen-bond donors (Lipinski definition) is 1.